The molecule has 7 nitrogen and oxygen atoms in total. The Labute approximate surface area is 184 Å². The lowest BCUT2D eigenvalue weighted by molar-refractivity contribution is 0.758. The van der Waals surface area contributed by atoms with Crippen LogP contribution in [0.25, 0.3) is 16.2 Å². The fourth-order valence-electron chi connectivity index (χ4n) is 2.67. The van der Waals surface area contributed by atoms with E-state index in [1.807, 2.05) is 47.0 Å². The molecule has 0 aliphatic carbocycles. The van der Waals surface area contributed by atoms with Crippen molar-refractivity contribution in [3.8, 4) is 10.6 Å². The number of pyridine rings is 1. The Morgan fingerprint density at radius 2 is 1.82 bits per heavy atom. The van der Waals surface area contributed by atoms with Gasteiger partial charge in [0.1, 0.15) is 5.01 Å². The van der Waals surface area contributed by atoms with Gasteiger partial charge in [0.25, 0.3) is 0 Å². The monoisotopic (exact) mass is 505 g/mol. The number of thiazole rings is 1. The van der Waals surface area contributed by atoms with Crippen molar-refractivity contribution in [2.75, 3.05) is 7.05 Å². The normalized spacial score (nSPS) is 11.2. The number of nitrogens with one attached hydrogen (secondary N) is 2. The minimum atomic E-state index is 0. The summed E-state index contributed by atoms with van der Waals surface area (Å²) < 4.78 is 1.95. The van der Waals surface area contributed by atoms with Crippen LogP contribution in [0.5, 0.6) is 0 Å². The van der Waals surface area contributed by atoms with Gasteiger partial charge in [-0.25, -0.2) is 4.98 Å². The number of fused-ring (bicyclic) bond motifs is 1. The van der Waals surface area contributed by atoms with E-state index in [2.05, 4.69) is 48.3 Å². The second-order valence-electron chi connectivity index (χ2n) is 5.83. The summed E-state index contributed by atoms with van der Waals surface area (Å²) in [5.41, 5.74) is 2.94. The second kappa shape index (κ2) is 9.60. The Hall–Kier alpha value is -2.53. The van der Waals surface area contributed by atoms with Crippen LogP contribution in [-0.2, 0) is 13.1 Å². The first-order valence-electron chi connectivity index (χ1n) is 8.56. The summed E-state index contributed by atoms with van der Waals surface area (Å²) in [6, 6.07) is 16.0. The predicted octanol–water partition coefficient (Wildman–Crippen LogP) is 3.34. The Morgan fingerprint density at radius 1 is 1.04 bits per heavy atom. The molecule has 0 aliphatic rings. The maximum Gasteiger partial charge on any atom is 0.191 e. The average Bonchev–Trinajstić information content (AvgIpc) is 3.36. The van der Waals surface area contributed by atoms with Crippen LogP contribution in [0.1, 0.15) is 11.5 Å². The molecule has 144 valence electrons. The smallest absolute Gasteiger partial charge is 0.191 e. The van der Waals surface area contributed by atoms with Crippen LogP contribution in [0.4, 0.5) is 0 Å². The number of benzene rings is 1. The van der Waals surface area contributed by atoms with Crippen molar-refractivity contribution in [1.82, 2.24) is 30.2 Å². The zero-order chi connectivity index (χ0) is 18.5. The van der Waals surface area contributed by atoms with Crippen LogP contribution in [0, 0.1) is 0 Å². The first-order chi connectivity index (χ1) is 13.3. The highest BCUT2D eigenvalue weighted by Crippen LogP contribution is 2.23. The lowest BCUT2D eigenvalue weighted by Gasteiger charge is -2.10. The van der Waals surface area contributed by atoms with Gasteiger partial charge in [0.05, 0.1) is 18.8 Å². The highest BCUT2D eigenvalue weighted by Gasteiger charge is 2.07. The minimum absolute atomic E-state index is 0. The maximum atomic E-state index is 4.68. The Balaban J connectivity index is 0.00000225. The van der Waals surface area contributed by atoms with Crippen LogP contribution < -0.4 is 10.6 Å². The molecular formula is C19H20IN7S. The molecule has 0 fully saturated rings. The van der Waals surface area contributed by atoms with Crippen molar-refractivity contribution < 1.29 is 0 Å². The van der Waals surface area contributed by atoms with Crippen LogP contribution >= 0.6 is 35.3 Å². The number of rotatable bonds is 5. The summed E-state index contributed by atoms with van der Waals surface area (Å²) in [5.74, 6) is 1.52. The molecule has 3 heterocycles. The van der Waals surface area contributed by atoms with Gasteiger partial charge in [0.15, 0.2) is 17.4 Å². The molecule has 0 aliphatic heterocycles. The Bertz CT molecular complexity index is 1060. The summed E-state index contributed by atoms with van der Waals surface area (Å²) in [6.07, 6.45) is 1.95. The minimum Gasteiger partial charge on any atom is -0.351 e. The van der Waals surface area contributed by atoms with Crippen molar-refractivity contribution >= 4 is 46.9 Å². The summed E-state index contributed by atoms with van der Waals surface area (Å²) in [6.45, 7) is 1.13. The quantitative estimate of drug-likeness (QED) is 0.247. The van der Waals surface area contributed by atoms with E-state index in [0.29, 0.717) is 19.0 Å². The number of guanidine groups is 1. The molecule has 3 aromatic heterocycles. The van der Waals surface area contributed by atoms with Crippen molar-refractivity contribution in [1.29, 1.82) is 0 Å². The molecule has 0 amide bonds. The van der Waals surface area contributed by atoms with E-state index < -0.39 is 0 Å². The highest BCUT2D eigenvalue weighted by molar-refractivity contribution is 14.0. The van der Waals surface area contributed by atoms with Crippen LogP contribution in [-0.4, -0.2) is 32.6 Å². The molecule has 9 heteroatoms. The van der Waals surface area contributed by atoms with E-state index in [1.165, 1.54) is 0 Å². The zero-order valence-electron chi connectivity index (χ0n) is 15.2. The van der Waals surface area contributed by atoms with E-state index >= 15 is 0 Å². The van der Waals surface area contributed by atoms with E-state index in [0.717, 1.165) is 27.7 Å². The lowest BCUT2D eigenvalue weighted by atomic mass is 10.2. The van der Waals surface area contributed by atoms with Gasteiger partial charge >= 0.3 is 0 Å². The third-order valence-electron chi connectivity index (χ3n) is 4.03. The van der Waals surface area contributed by atoms with Crippen LogP contribution in [0.2, 0.25) is 0 Å². The number of nitrogens with zero attached hydrogens (tertiary/aromatic N) is 5. The topological polar surface area (TPSA) is 79.5 Å². The molecule has 0 saturated carbocycles. The number of hydrogen-bond donors (Lipinski definition) is 2. The highest BCUT2D eigenvalue weighted by atomic mass is 127. The summed E-state index contributed by atoms with van der Waals surface area (Å²) >= 11 is 1.64. The standard InChI is InChI=1S/C19H19N7S.HI/c1-20-19(22-12-17-25-24-16-9-5-6-10-26(16)17)21-11-15-13-27-18(23-15)14-7-3-2-4-8-14;/h2-10,13H,11-12H2,1H3,(H2,20,21,22);1H. The Kier molecular flexibility index (Phi) is 6.93. The van der Waals surface area contributed by atoms with Crippen molar-refractivity contribution in [2.45, 2.75) is 13.1 Å². The molecule has 0 unspecified atom stereocenters. The molecule has 2 N–H and O–H groups in total. The van der Waals surface area contributed by atoms with Crippen molar-refractivity contribution in [3.63, 3.8) is 0 Å². The molecule has 4 aromatic rings. The first-order valence-corrected chi connectivity index (χ1v) is 9.44. The summed E-state index contributed by atoms with van der Waals surface area (Å²) in [4.78, 5) is 8.94. The van der Waals surface area contributed by atoms with Gasteiger partial charge in [-0.1, -0.05) is 36.4 Å². The average molecular weight is 505 g/mol. The predicted molar refractivity (Wildman–Crippen MR) is 123 cm³/mol. The van der Waals surface area contributed by atoms with Gasteiger partial charge < -0.3 is 10.6 Å². The van der Waals surface area contributed by atoms with E-state index in [9.17, 15) is 0 Å². The SMILES string of the molecule is CN=C(NCc1csc(-c2ccccc2)n1)NCc1nnc2ccccn12.I. The molecular weight excluding hydrogens is 485 g/mol. The van der Waals surface area contributed by atoms with E-state index in [4.69, 9.17) is 0 Å². The largest absolute Gasteiger partial charge is 0.351 e. The van der Waals surface area contributed by atoms with Gasteiger partial charge in [-0.2, -0.15) is 0 Å². The number of hydrogen-bond acceptors (Lipinski definition) is 5. The third kappa shape index (κ3) is 4.65. The molecule has 0 spiro atoms. The second-order valence-corrected chi connectivity index (χ2v) is 6.69. The summed E-state index contributed by atoms with van der Waals surface area (Å²) in [7, 11) is 1.74. The fourth-order valence-corrected chi connectivity index (χ4v) is 3.50. The van der Waals surface area contributed by atoms with Crippen molar-refractivity contribution in [3.05, 3.63) is 71.6 Å². The number of aliphatic imine (C=N–C) groups is 1. The molecule has 0 atom stereocenters. The number of aromatic nitrogens is 4. The maximum absolute atomic E-state index is 4.68. The molecule has 0 radical (unpaired) electrons. The van der Waals surface area contributed by atoms with Gasteiger partial charge in [0, 0.05) is 24.2 Å². The van der Waals surface area contributed by atoms with Crippen molar-refractivity contribution in [2.24, 2.45) is 4.99 Å². The summed E-state index contributed by atoms with van der Waals surface area (Å²) in [5, 5.41) is 18.0. The Morgan fingerprint density at radius 3 is 2.64 bits per heavy atom. The van der Waals surface area contributed by atoms with Gasteiger partial charge in [-0.3, -0.25) is 9.39 Å². The van der Waals surface area contributed by atoms with Gasteiger partial charge in [-0.15, -0.1) is 45.5 Å². The van der Waals surface area contributed by atoms with Crippen LogP contribution in [0.15, 0.2) is 65.1 Å². The molecule has 0 bridgehead atoms. The molecule has 4 rings (SSSR count). The van der Waals surface area contributed by atoms with E-state index in [1.54, 1.807) is 18.4 Å². The van der Waals surface area contributed by atoms with E-state index in [-0.39, 0.29) is 24.0 Å². The van der Waals surface area contributed by atoms with Gasteiger partial charge in [0.2, 0.25) is 0 Å². The third-order valence-corrected chi connectivity index (χ3v) is 4.97. The first kappa shape index (κ1) is 20.2. The van der Waals surface area contributed by atoms with Gasteiger partial charge in [-0.05, 0) is 12.1 Å². The number of halogens is 1. The zero-order valence-corrected chi connectivity index (χ0v) is 18.4. The lowest BCUT2D eigenvalue weighted by Crippen LogP contribution is -2.36. The fraction of sp³-hybridized carbons (Fsp3) is 0.158. The molecule has 28 heavy (non-hydrogen) atoms. The molecule has 1 aromatic carbocycles. The molecule has 0 saturated heterocycles. The van der Waals surface area contributed by atoms with Crippen LogP contribution in [0.3, 0.4) is 0 Å².